The van der Waals surface area contributed by atoms with Gasteiger partial charge in [0.15, 0.2) is 6.29 Å². The van der Waals surface area contributed by atoms with E-state index in [9.17, 15) is 9.59 Å². The number of hydrogen-bond acceptors (Lipinski definition) is 7. The summed E-state index contributed by atoms with van der Waals surface area (Å²) in [5, 5.41) is 18.0. The predicted molar refractivity (Wildman–Crippen MR) is 64.5 cm³/mol. The lowest BCUT2D eigenvalue weighted by atomic mass is 9.78. The van der Waals surface area contributed by atoms with E-state index in [4.69, 9.17) is 15.8 Å². The number of rotatable bonds is 5. The standard InChI is InChI=1S/C10H15BN2O5/c1-18-10(15)6-2-7(3-6)13-4-8(11(16)17)9(12)5-14/h4-7,16-17H,2-3,12H2,1H3. The molecule has 4 N–H and O–H groups in total. The Labute approximate surface area is 104 Å². The zero-order valence-electron chi connectivity index (χ0n) is 9.94. The van der Waals surface area contributed by atoms with Gasteiger partial charge in [-0.15, -0.1) is 0 Å². The van der Waals surface area contributed by atoms with Gasteiger partial charge in [0.2, 0.25) is 0 Å². The molecule has 0 amide bonds. The number of allylic oxidation sites excluding steroid dienone is 2. The van der Waals surface area contributed by atoms with Crippen LogP contribution in [0.5, 0.6) is 0 Å². The van der Waals surface area contributed by atoms with Crippen molar-refractivity contribution in [1.29, 1.82) is 0 Å². The van der Waals surface area contributed by atoms with Crippen LogP contribution in [0, 0.1) is 5.92 Å². The van der Waals surface area contributed by atoms with Crippen LogP contribution in [0.3, 0.4) is 0 Å². The Morgan fingerprint density at radius 1 is 1.50 bits per heavy atom. The van der Waals surface area contributed by atoms with Crippen LogP contribution in [-0.2, 0) is 14.3 Å². The summed E-state index contributed by atoms with van der Waals surface area (Å²) in [6.07, 6.45) is 2.56. The van der Waals surface area contributed by atoms with E-state index in [1.54, 1.807) is 0 Å². The normalized spacial score (nSPS) is 24.2. The molecule has 7 nitrogen and oxygen atoms in total. The van der Waals surface area contributed by atoms with E-state index in [1.165, 1.54) is 7.11 Å². The summed E-state index contributed by atoms with van der Waals surface area (Å²) in [7, 11) is -0.525. The van der Waals surface area contributed by atoms with Gasteiger partial charge in [0.1, 0.15) is 0 Å². The monoisotopic (exact) mass is 254 g/mol. The maximum Gasteiger partial charge on any atom is 0.492 e. The molecule has 0 bridgehead atoms. The molecule has 0 saturated heterocycles. The topological polar surface area (TPSA) is 122 Å². The van der Waals surface area contributed by atoms with Crippen molar-refractivity contribution in [3.63, 3.8) is 0 Å². The average Bonchev–Trinajstić information content (AvgIpc) is 2.29. The van der Waals surface area contributed by atoms with Crippen LogP contribution in [-0.4, -0.2) is 48.8 Å². The summed E-state index contributed by atoms with van der Waals surface area (Å²) in [6, 6.07) is -0.0951. The molecule has 8 heteroatoms. The minimum absolute atomic E-state index is 0.0951. The number of carbonyl (C=O) groups excluding carboxylic acids is 2. The molecule has 1 rings (SSSR count). The molecule has 0 aliphatic heterocycles. The summed E-state index contributed by atoms with van der Waals surface area (Å²) in [5.74, 6) is -0.432. The Kier molecular flexibility index (Phi) is 5.05. The van der Waals surface area contributed by atoms with Gasteiger partial charge < -0.3 is 20.5 Å². The van der Waals surface area contributed by atoms with Crippen molar-refractivity contribution < 1.29 is 24.4 Å². The van der Waals surface area contributed by atoms with Gasteiger partial charge in [-0.05, 0) is 12.8 Å². The predicted octanol–water partition coefficient (Wildman–Crippen LogP) is -1.57. The number of carbonyl (C=O) groups is 2. The van der Waals surface area contributed by atoms with Gasteiger partial charge in [0, 0.05) is 11.7 Å². The van der Waals surface area contributed by atoms with Crippen molar-refractivity contribution in [2.75, 3.05) is 7.11 Å². The molecule has 0 aromatic rings. The molecule has 0 atom stereocenters. The lowest BCUT2D eigenvalue weighted by molar-refractivity contribution is -0.148. The number of ether oxygens (including phenoxy) is 1. The molecule has 0 aromatic heterocycles. The van der Waals surface area contributed by atoms with Crippen molar-refractivity contribution in [3.8, 4) is 0 Å². The number of nitrogens with two attached hydrogens (primary N) is 1. The van der Waals surface area contributed by atoms with Crippen LogP contribution in [0.1, 0.15) is 12.8 Å². The lowest BCUT2D eigenvalue weighted by Gasteiger charge is -2.30. The SMILES string of the molecule is COC(=O)C1CC(N=CC(B(O)O)=C(N)C=O)C1. The quantitative estimate of drug-likeness (QED) is 0.179. The van der Waals surface area contributed by atoms with Gasteiger partial charge in [0.05, 0.1) is 24.8 Å². The number of esters is 1. The van der Waals surface area contributed by atoms with E-state index in [-0.39, 0.29) is 29.1 Å². The van der Waals surface area contributed by atoms with Gasteiger partial charge >= 0.3 is 13.1 Å². The van der Waals surface area contributed by atoms with Crippen LogP contribution < -0.4 is 5.73 Å². The number of nitrogens with zero attached hydrogens (tertiary/aromatic N) is 1. The van der Waals surface area contributed by atoms with E-state index in [0.29, 0.717) is 19.1 Å². The number of methoxy groups -OCH3 is 1. The molecule has 0 unspecified atom stereocenters. The zero-order chi connectivity index (χ0) is 13.7. The van der Waals surface area contributed by atoms with E-state index >= 15 is 0 Å². The highest BCUT2D eigenvalue weighted by Crippen LogP contribution is 2.30. The Bertz CT molecular complexity index is 388. The Morgan fingerprint density at radius 3 is 2.56 bits per heavy atom. The van der Waals surface area contributed by atoms with Crippen molar-refractivity contribution in [3.05, 3.63) is 11.2 Å². The largest absolute Gasteiger partial charge is 0.492 e. The fraction of sp³-hybridized carbons (Fsp3) is 0.500. The van der Waals surface area contributed by atoms with Crippen molar-refractivity contribution >= 4 is 25.6 Å². The minimum Gasteiger partial charge on any atom is -0.469 e. The van der Waals surface area contributed by atoms with Gasteiger partial charge in [-0.25, -0.2) is 0 Å². The van der Waals surface area contributed by atoms with Crippen LogP contribution in [0.4, 0.5) is 0 Å². The van der Waals surface area contributed by atoms with Crippen molar-refractivity contribution in [2.45, 2.75) is 18.9 Å². The third-order valence-corrected chi connectivity index (χ3v) is 2.81. The van der Waals surface area contributed by atoms with Gasteiger partial charge in [-0.1, -0.05) is 0 Å². The molecule has 1 fully saturated rings. The first kappa shape index (κ1) is 14.4. The molecule has 1 aliphatic carbocycles. The zero-order valence-corrected chi connectivity index (χ0v) is 9.94. The third-order valence-electron chi connectivity index (χ3n) is 2.81. The summed E-state index contributed by atoms with van der Waals surface area (Å²) >= 11 is 0. The highest BCUT2D eigenvalue weighted by Gasteiger charge is 2.35. The molecule has 0 spiro atoms. The maximum atomic E-state index is 11.1. The summed E-state index contributed by atoms with van der Waals surface area (Å²) < 4.78 is 4.58. The molecular weight excluding hydrogens is 239 g/mol. The molecule has 0 heterocycles. The van der Waals surface area contributed by atoms with Crippen molar-refractivity contribution in [2.24, 2.45) is 16.6 Å². The molecule has 0 radical (unpaired) electrons. The molecular formula is C10H15BN2O5. The third kappa shape index (κ3) is 3.41. The van der Waals surface area contributed by atoms with E-state index in [0.717, 1.165) is 6.21 Å². The second kappa shape index (κ2) is 6.32. The van der Waals surface area contributed by atoms with Crippen LogP contribution in [0.2, 0.25) is 0 Å². The maximum absolute atomic E-state index is 11.1. The Balaban J connectivity index is 2.56. The highest BCUT2D eigenvalue weighted by molar-refractivity contribution is 6.57. The van der Waals surface area contributed by atoms with E-state index in [2.05, 4.69) is 9.73 Å². The first-order valence-corrected chi connectivity index (χ1v) is 5.41. The van der Waals surface area contributed by atoms with Crippen molar-refractivity contribution in [1.82, 2.24) is 0 Å². The van der Waals surface area contributed by atoms with Gasteiger partial charge in [0.25, 0.3) is 0 Å². The summed E-state index contributed by atoms with van der Waals surface area (Å²) in [4.78, 5) is 25.6. The van der Waals surface area contributed by atoms with Gasteiger partial charge in [-0.2, -0.15) is 0 Å². The highest BCUT2D eigenvalue weighted by atomic mass is 16.5. The summed E-state index contributed by atoms with van der Waals surface area (Å²) in [6.45, 7) is 0. The molecule has 0 aromatic carbocycles. The first-order valence-electron chi connectivity index (χ1n) is 5.41. The Morgan fingerprint density at radius 2 is 2.11 bits per heavy atom. The summed E-state index contributed by atoms with van der Waals surface area (Å²) in [5.41, 5.74) is 4.86. The van der Waals surface area contributed by atoms with Crippen LogP contribution in [0.25, 0.3) is 0 Å². The lowest BCUT2D eigenvalue weighted by Crippen LogP contribution is -2.34. The van der Waals surface area contributed by atoms with Gasteiger partial charge in [-0.3, -0.25) is 14.6 Å². The van der Waals surface area contributed by atoms with E-state index in [1.807, 2.05) is 0 Å². The first-order chi connectivity index (χ1) is 8.49. The smallest absolute Gasteiger partial charge is 0.469 e. The molecule has 1 aliphatic rings. The fourth-order valence-electron chi connectivity index (χ4n) is 1.61. The molecule has 18 heavy (non-hydrogen) atoms. The average molecular weight is 254 g/mol. The number of aldehydes is 1. The van der Waals surface area contributed by atoms with Crippen LogP contribution >= 0.6 is 0 Å². The second-order valence-corrected chi connectivity index (χ2v) is 4.03. The molecule has 98 valence electrons. The van der Waals surface area contributed by atoms with E-state index < -0.39 is 7.12 Å². The Hall–Kier alpha value is -1.67. The second-order valence-electron chi connectivity index (χ2n) is 4.03. The number of aliphatic imine (C=N–C) groups is 1. The minimum atomic E-state index is -1.85. The fourth-order valence-corrected chi connectivity index (χ4v) is 1.61. The molecule has 1 saturated carbocycles. The van der Waals surface area contributed by atoms with Crippen LogP contribution in [0.15, 0.2) is 16.2 Å². The number of hydrogen-bond donors (Lipinski definition) is 3.